The Morgan fingerprint density at radius 1 is 0.857 bits per heavy atom. The molecule has 4 aromatic rings. The predicted molar refractivity (Wildman–Crippen MR) is 108 cm³/mol. The third-order valence-electron chi connectivity index (χ3n) is 4.24. The van der Waals surface area contributed by atoms with E-state index < -0.39 is 11.5 Å². The predicted octanol–water partition coefficient (Wildman–Crippen LogP) is 3.75. The van der Waals surface area contributed by atoms with Crippen LogP contribution in [0.25, 0.3) is 22.4 Å². The normalized spacial score (nSPS) is 10.4. The van der Waals surface area contributed by atoms with Crippen molar-refractivity contribution < 1.29 is 4.79 Å². The first-order chi connectivity index (χ1) is 13.7. The smallest absolute Gasteiger partial charge is 0.277 e. The number of nitrogens with one attached hydrogen (secondary N) is 2. The van der Waals surface area contributed by atoms with E-state index >= 15 is 0 Å². The molecule has 0 aliphatic rings. The van der Waals surface area contributed by atoms with Crippen LogP contribution in [0.2, 0.25) is 0 Å². The van der Waals surface area contributed by atoms with E-state index in [9.17, 15) is 9.59 Å². The Balaban J connectivity index is 1.92. The number of nitrogens with zero attached hydrogens (tertiary/aromatic N) is 2. The van der Waals surface area contributed by atoms with Gasteiger partial charge < -0.3 is 5.32 Å². The minimum absolute atomic E-state index is 0.00362. The van der Waals surface area contributed by atoms with Gasteiger partial charge in [0.15, 0.2) is 0 Å². The molecule has 0 radical (unpaired) electrons. The fourth-order valence-electron chi connectivity index (χ4n) is 2.99. The number of hydrogen-bond donors (Lipinski definition) is 2. The molecule has 136 valence electrons. The monoisotopic (exact) mass is 368 g/mol. The fourth-order valence-corrected chi connectivity index (χ4v) is 2.99. The van der Waals surface area contributed by atoms with Crippen LogP contribution in [0.4, 0.5) is 5.69 Å². The highest BCUT2D eigenvalue weighted by Crippen LogP contribution is 2.31. The first kappa shape index (κ1) is 17.4. The van der Waals surface area contributed by atoms with E-state index in [1.165, 1.54) is 6.20 Å². The molecule has 0 spiro atoms. The summed E-state index contributed by atoms with van der Waals surface area (Å²) in [5.74, 6) is -0.521. The van der Waals surface area contributed by atoms with E-state index in [4.69, 9.17) is 0 Å². The van der Waals surface area contributed by atoms with Crippen molar-refractivity contribution in [1.82, 2.24) is 15.2 Å². The maximum Gasteiger partial charge on any atom is 0.277 e. The largest absolute Gasteiger partial charge is 0.320 e. The Hall–Kier alpha value is -4.06. The van der Waals surface area contributed by atoms with E-state index in [0.717, 1.165) is 11.1 Å². The first-order valence-electron chi connectivity index (χ1n) is 8.69. The van der Waals surface area contributed by atoms with Gasteiger partial charge in [0.1, 0.15) is 5.56 Å². The Labute approximate surface area is 160 Å². The van der Waals surface area contributed by atoms with Crippen LogP contribution < -0.4 is 10.9 Å². The molecule has 0 saturated heterocycles. The summed E-state index contributed by atoms with van der Waals surface area (Å²) >= 11 is 0. The summed E-state index contributed by atoms with van der Waals surface area (Å²) < 4.78 is 0. The van der Waals surface area contributed by atoms with Gasteiger partial charge in [0.25, 0.3) is 11.5 Å². The maximum absolute atomic E-state index is 13.0. The fraction of sp³-hybridized carbons (Fsp3) is 0. The molecule has 2 aromatic carbocycles. The van der Waals surface area contributed by atoms with Crippen LogP contribution in [0, 0.1) is 0 Å². The second kappa shape index (κ2) is 7.67. The minimum atomic E-state index is -0.556. The van der Waals surface area contributed by atoms with Crippen LogP contribution >= 0.6 is 0 Å². The van der Waals surface area contributed by atoms with Crippen LogP contribution in [0.3, 0.4) is 0 Å². The molecule has 6 nitrogen and oxygen atoms in total. The molecule has 0 atom stereocenters. The van der Waals surface area contributed by atoms with Gasteiger partial charge in [0.05, 0.1) is 17.6 Å². The third-order valence-corrected chi connectivity index (χ3v) is 4.24. The molecule has 0 unspecified atom stereocenters. The summed E-state index contributed by atoms with van der Waals surface area (Å²) in [5.41, 5.74) is 2.50. The summed E-state index contributed by atoms with van der Waals surface area (Å²) in [4.78, 5) is 29.6. The van der Waals surface area contributed by atoms with Crippen LogP contribution in [0.1, 0.15) is 10.4 Å². The van der Waals surface area contributed by atoms with Gasteiger partial charge in [-0.2, -0.15) is 5.10 Å². The van der Waals surface area contributed by atoms with Crippen molar-refractivity contribution in [3.05, 3.63) is 101 Å². The van der Waals surface area contributed by atoms with Crippen LogP contribution in [0.5, 0.6) is 0 Å². The average Bonchev–Trinajstić information content (AvgIpc) is 2.75. The van der Waals surface area contributed by atoms with E-state index in [-0.39, 0.29) is 5.56 Å². The van der Waals surface area contributed by atoms with Crippen LogP contribution in [-0.2, 0) is 0 Å². The van der Waals surface area contributed by atoms with E-state index in [2.05, 4.69) is 20.5 Å². The van der Waals surface area contributed by atoms with Crippen molar-refractivity contribution >= 4 is 11.6 Å². The Kier molecular flexibility index (Phi) is 4.76. The second-order valence-corrected chi connectivity index (χ2v) is 6.08. The Morgan fingerprint density at radius 2 is 1.54 bits per heavy atom. The molecule has 0 fully saturated rings. The zero-order valence-electron chi connectivity index (χ0n) is 14.8. The van der Waals surface area contributed by atoms with E-state index in [1.807, 2.05) is 60.7 Å². The summed E-state index contributed by atoms with van der Waals surface area (Å²) in [6, 6.07) is 22.1. The number of carbonyl (C=O) groups is 1. The number of H-pyrrole nitrogens is 1. The number of aromatic amines is 1. The molecule has 2 aromatic heterocycles. The number of aromatic nitrogens is 3. The van der Waals surface area contributed by atoms with Gasteiger partial charge in [-0.15, -0.1) is 0 Å². The minimum Gasteiger partial charge on any atom is -0.320 e. The summed E-state index contributed by atoms with van der Waals surface area (Å²) in [5, 5.41) is 9.45. The SMILES string of the molecule is O=C(Nc1cccnc1)c1c(-c2ccccc2)c(-c2ccccc2)n[nH]c1=O. The molecule has 2 N–H and O–H groups in total. The lowest BCUT2D eigenvalue weighted by Crippen LogP contribution is -2.26. The summed E-state index contributed by atoms with van der Waals surface area (Å²) in [6.07, 6.45) is 3.13. The molecule has 0 aliphatic carbocycles. The second-order valence-electron chi connectivity index (χ2n) is 6.08. The topological polar surface area (TPSA) is 87.7 Å². The average molecular weight is 368 g/mol. The number of benzene rings is 2. The molecule has 0 aliphatic heterocycles. The highest BCUT2D eigenvalue weighted by atomic mass is 16.2. The zero-order valence-corrected chi connectivity index (χ0v) is 14.8. The van der Waals surface area contributed by atoms with Gasteiger partial charge in [-0.05, 0) is 17.7 Å². The summed E-state index contributed by atoms with van der Waals surface area (Å²) in [6.45, 7) is 0. The standard InChI is InChI=1S/C22H16N4O2/c27-21(24-17-12-7-13-23-14-17)19-18(15-8-3-1-4-9-15)20(25-26-22(19)28)16-10-5-2-6-11-16/h1-14H,(H,24,27)(H,26,28). The maximum atomic E-state index is 13.0. The number of carbonyl (C=O) groups excluding carboxylic acids is 1. The molecule has 0 bridgehead atoms. The van der Waals surface area contributed by atoms with Crippen molar-refractivity contribution in [3.63, 3.8) is 0 Å². The molecule has 1 amide bonds. The Morgan fingerprint density at radius 3 is 2.18 bits per heavy atom. The number of pyridine rings is 1. The van der Waals surface area contributed by atoms with Gasteiger partial charge in [0, 0.05) is 17.3 Å². The molecule has 4 rings (SSSR count). The van der Waals surface area contributed by atoms with Crippen molar-refractivity contribution in [2.75, 3.05) is 5.32 Å². The van der Waals surface area contributed by atoms with Crippen molar-refractivity contribution in [2.24, 2.45) is 0 Å². The van der Waals surface area contributed by atoms with E-state index in [1.54, 1.807) is 18.3 Å². The molecule has 28 heavy (non-hydrogen) atoms. The molecule has 6 heteroatoms. The van der Waals surface area contributed by atoms with Crippen molar-refractivity contribution in [3.8, 4) is 22.4 Å². The van der Waals surface area contributed by atoms with Crippen LogP contribution in [0.15, 0.2) is 90.0 Å². The molecule has 2 heterocycles. The highest BCUT2D eigenvalue weighted by Gasteiger charge is 2.23. The lowest BCUT2D eigenvalue weighted by molar-refractivity contribution is 0.102. The van der Waals surface area contributed by atoms with Crippen molar-refractivity contribution in [1.29, 1.82) is 0 Å². The number of anilines is 1. The lowest BCUT2D eigenvalue weighted by Gasteiger charge is -2.13. The lowest BCUT2D eigenvalue weighted by atomic mass is 9.95. The quantitative estimate of drug-likeness (QED) is 0.574. The van der Waals surface area contributed by atoms with Gasteiger partial charge >= 0.3 is 0 Å². The first-order valence-corrected chi connectivity index (χ1v) is 8.69. The molecular formula is C22H16N4O2. The number of rotatable bonds is 4. The van der Waals surface area contributed by atoms with Gasteiger partial charge in [-0.3, -0.25) is 14.6 Å². The third kappa shape index (κ3) is 3.43. The highest BCUT2D eigenvalue weighted by molar-refractivity contribution is 6.10. The summed E-state index contributed by atoms with van der Waals surface area (Å²) in [7, 11) is 0. The van der Waals surface area contributed by atoms with Gasteiger partial charge in [-0.1, -0.05) is 60.7 Å². The van der Waals surface area contributed by atoms with Crippen molar-refractivity contribution in [2.45, 2.75) is 0 Å². The molecular weight excluding hydrogens is 352 g/mol. The number of hydrogen-bond acceptors (Lipinski definition) is 4. The van der Waals surface area contributed by atoms with Gasteiger partial charge in [0.2, 0.25) is 0 Å². The van der Waals surface area contributed by atoms with Gasteiger partial charge in [-0.25, -0.2) is 5.10 Å². The Bertz CT molecular complexity index is 1160. The van der Waals surface area contributed by atoms with E-state index in [0.29, 0.717) is 16.9 Å². The zero-order chi connectivity index (χ0) is 19.3. The molecule has 0 saturated carbocycles. The van der Waals surface area contributed by atoms with Crippen LogP contribution in [-0.4, -0.2) is 21.1 Å². The number of amides is 1.